The van der Waals surface area contributed by atoms with E-state index in [0.717, 1.165) is 23.1 Å². The quantitative estimate of drug-likeness (QED) is 0.522. The first kappa shape index (κ1) is 16.2. The number of amides is 3. The van der Waals surface area contributed by atoms with Gasteiger partial charge in [-0.25, -0.2) is 4.39 Å². The maximum absolute atomic E-state index is 13.8. The van der Waals surface area contributed by atoms with Crippen molar-refractivity contribution < 1.29 is 23.7 Å². The van der Waals surface area contributed by atoms with Gasteiger partial charge in [0.25, 0.3) is 23.4 Å². The normalized spacial score (nSPS) is 13.0. The largest absolute Gasteiger partial charge is 0.319 e. The van der Waals surface area contributed by atoms with E-state index in [9.17, 15) is 28.9 Å². The van der Waals surface area contributed by atoms with Crippen LogP contribution in [-0.2, 0) is 0 Å². The Balaban J connectivity index is 1.91. The maximum atomic E-state index is 13.8. The second-order valence-electron chi connectivity index (χ2n) is 5.31. The molecule has 0 atom stereocenters. The summed E-state index contributed by atoms with van der Waals surface area (Å²) >= 11 is 0. The van der Waals surface area contributed by atoms with E-state index in [2.05, 4.69) is 5.32 Å². The second kappa shape index (κ2) is 5.78. The zero-order valence-electron chi connectivity index (χ0n) is 12.8. The van der Waals surface area contributed by atoms with E-state index in [1.165, 1.54) is 25.2 Å². The van der Waals surface area contributed by atoms with Gasteiger partial charge in [-0.2, -0.15) is 0 Å². The number of halogens is 1. The molecule has 0 spiro atoms. The van der Waals surface area contributed by atoms with E-state index in [0.29, 0.717) is 0 Å². The molecule has 0 radical (unpaired) electrons. The second-order valence-corrected chi connectivity index (χ2v) is 5.31. The number of non-ortho nitro benzene ring substituents is 1. The first-order chi connectivity index (χ1) is 11.8. The third kappa shape index (κ3) is 2.71. The minimum Gasteiger partial charge on any atom is -0.319 e. The number of nitrogens with zero attached hydrogens (tertiary/aromatic N) is 2. The van der Waals surface area contributed by atoms with Gasteiger partial charge < -0.3 is 5.32 Å². The van der Waals surface area contributed by atoms with Crippen LogP contribution in [-0.4, -0.2) is 34.6 Å². The van der Waals surface area contributed by atoms with Crippen LogP contribution in [0.3, 0.4) is 0 Å². The number of nitrogens with one attached hydrogen (secondary N) is 1. The van der Waals surface area contributed by atoms with Crippen molar-refractivity contribution in [1.82, 2.24) is 4.90 Å². The predicted molar refractivity (Wildman–Crippen MR) is 83.9 cm³/mol. The molecule has 9 heteroatoms. The molecule has 0 unspecified atom stereocenters. The van der Waals surface area contributed by atoms with Crippen LogP contribution in [0.15, 0.2) is 36.4 Å². The van der Waals surface area contributed by atoms with Gasteiger partial charge in [0.1, 0.15) is 5.82 Å². The highest BCUT2D eigenvalue weighted by Crippen LogP contribution is 2.25. The molecule has 0 saturated carbocycles. The summed E-state index contributed by atoms with van der Waals surface area (Å²) in [6.07, 6.45) is 0. The molecular weight excluding hydrogens is 333 g/mol. The Kier molecular flexibility index (Phi) is 3.76. The van der Waals surface area contributed by atoms with Crippen LogP contribution in [0.1, 0.15) is 31.1 Å². The van der Waals surface area contributed by atoms with Gasteiger partial charge in [-0.15, -0.1) is 0 Å². The Labute approximate surface area is 140 Å². The van der Waals surface area contributed by atoms with Crippen molar-refractivity contribution in [3.05, 3.63) is 69.0 Å². The molecule has 1 aliphatic rings. The molecule has 0 aliphatic carbocycles. The Hall–Kier alpha value is -3.62. The summed E-state index contributed by atoms with van der Waals surface area (Å²) in [5.74, 6) is -2.63. The molecule has 1 N–H and O–H groups in total. The average Bonchev–Trinajstić information content (AvgIpc) is 2.80. The summed E-state index contributed by atoms with van der Waals surface area (Å²) in [5.41, 5.74) is -0.487. The number of carbonyl (C=O) groups excluding carboxylic acids is 3. The van der Waals surface area contributed by atoms with Crippen LogP contribution in [0.5, 0.6) is 0 Å². The Morgan fingerprint density at radius 2 is 1.80 bits per heavy atom. The molecule has 8 nitrogen and oxygen atoms in total. The van der Waals surface area contributed by atoms with Crippen molar-refractivity contribution >= 4 is 29.1 Å². The fourth-order valence-corrected chi connectivity index (χ4v) is 2.42. The number of rotatable bonds is 3. The van der Waals surface area contributed by atoms with Crippen LogP contribution in [0.25, 0.3) is 0 Å². The zero-order valence-corrected chi connectivity index (χ0v) is 12.8. The smallest absolute Gasteiger partial charge is 0.271 e. The van der Waals surface area contributed by atoms with Crippen molar-refractivity contribution in [3.63, 3.8) is 0 Å². The summed E-state index contributed by atoms with van der Waals surface area (Å²) in [6.45, 7) is 0. The highest BCUT2D eigenvalue weighted by Gasteiger charge is 2.33. The molecule has 1 heterocycles. The average molecular weight is 343 g/mol. The Bertz CT molecular complexity index is 957. The topological polar surface area (TPSA) is 110 Å². The minimum atomic E-state index is -0.842. The molecular formula is C16H10FN3O5. The number of carbonyl (C=O) groups is 3. The highest BCUT2D eigenvalue weighted by molar-refractivity contribution is 6.22. The SMILES string of the molecule is CN1C(=O)c2ccc(C(=O)Nc3cc([N+](=O)[O-])ccc3F)cc2C1=O. The summed E-state index contributed by atoms with van der Waals surface area (Å²) < 4.78 is 13.8. The summed E-state index contributed by atoms with van der Waals surface area (Å²) in [7, 11) is 1.32. The van der Waals surface area contributed by atoms with Gasteiger partial charge in [0.05, 0.1) is 21.7 Å². The zero-order chi connectivity index (χ0) is 18.3. The van der Waals surface area contributed by atoms with Crippen LogP contribution >= 0.6 is 0 Å². The monoisotopic (exact) mass is 343 g/mol. The lowest BCUT2D eigenvalue weighted by Crippen LogP contribution is -2.24. The Morgan fingerprint density at radius 3 is 2.48 bits per heavy atom. The molecule has 3 rings (SSSR count). The van der Waals surface area contributed by atoms with E-state index < -0.39 is 28.5 Å². The van der Waals surface area contributed by atoms with Crippen molar-refractivity contribution in [2.45, 2.75) is 0 Å². The third-order valence-corrected chi connectivity index (χ3v) is 3.76. The van der Waals surface area contributed by atoms with Crippen molar-refractivity contribution in [1.29, 1.82) is 0 Å². The Morgan fingerprint density at radius 1 is 1.12 bits per heavy atom. The van der Waals surface area contributed by atoms with Gasteiger partial charge in [0.2, 0.25) is 0 Å². The third-order valence-electron chi connectivity index (χ3n) is 3.76. The van der Waals surface area contributed by atoms with Crippen molar-refractivity contribution in [3.8, 4) is 0 Å². The standard InChI is InChI=1S/C16H10FN3O5/c1-19-15(22)10-4-2-8(6-11(10)16(19)23)14(21)18-13-7-9(20(24)25)3-5-12(13)17/h2-7H,1H3,(H,18,21). The molecule has 1 aliphatic heterocycles. The van der Waals surface area contributed by atoms with Crippen LogP contribution in [0.4, 0.5) is 15.8 Å². The first-order valence-electron chi connectivity index (χ1n) is 7.01. The van der Waals surface area contributed by atoms with Gasteiger partial charge in [-0.05, 0) is 24.3 Å². The predicted octanol–water partition coefficient (Wildman–Crippen LogP) is 2.21. The molecule has 25 heavy (non-hydrogen) atoms. The van der Waals surface area contributed by atoms with Crippen molar-refractivity contribution in [2.75, 3.05) is 12.4 Å². The van der Waals surface area contributed by atoms with E-state index in [1.807, 2.05) is 0 Å². The molecule has 0 fully saturated rings. The first-order valence-corrected chi connectivity index (χ1v) is 7.01. The van der Waals surface area contributed by atoms with Crippen LogP contribution < -0.4 is 5.32 Å². The number of hydrogen-bond acceptors (Lipinski definition) is 5. The number of nitro groups is 1. The van der Waals surface area contributed by atoms with E-state index in [1.54, 1.807) is 0 Å². The fraction of sp³-hybridized carbons (Fsp3) is 0.0625. The molecule has 2 aromatic carbocycles. The molecule has 3 amide bonds. The number of benzene rings is 2. The van der Waals surface area contributed by atoms with Crippen molar-refractivity contribution in [2.24, 2.45) is 0 Å². The lowest BCUT2D eigenvalue weighted by molar-refractivity contribution is -0.384. The fourth-order valence-electron chi connectivity index (χ4n) is 2.42. The van der Waals surface area contributed by atoms with E-state index >= 15 is 0 Å². The van der Waals surface area contributed by atoms with E-state index in [4.69, 9.17) is 0 Å². The molecule has 0 bridgehead atoms. The summed E-state index contributed by atoms with van der Waals surface area (Å²) in [6, 6.07) is 6.60. The van der Waals surface area contributed by atoms with Gasteiger partial charge in [-0.3, -0.25) is 29.4 Å². The summed E-state index contributed by atoms with van der Waals surface area (Å²) in [4.78, 5) is 47.0. The van der Waals surface area contributed by atoms with Gasteiger partial charge in [-0.1, -0.05) is 0 Å². The maximum Gasteiger partial charge on any atom is 0.271 e. The van der Waals surface area contributed by atoms with Gasteiger partial charge >= 0.3 is 0 Å². The highest BCUT2D eigenvalue weighted by atomic mass is 19.1. The lowest BCUT2D eigenvalue weighted by atomic mass is 10.1. The number of anilines is 1. The van der Waals surface area contributed by atoms with Gasteiger partial charge in [0.15, 0.2) is 0 Å². The molecule has 126 valence electrons. The molecule has 2 aromatic rings. The molecule has 0 aromatic heterocycles. The molecule has 0 saturated heterocycles. The number of nitro benzene ring substituents is 1. The number of fused-ring (bicyclic) bond motifs is 1. The van der Waals surface area contributed by atoms with Gasteiger partial charge in [0, 0.05) is 24.7 Å². The van der Waals surface area contributed by atoms with E-state index in [-0.39, 0.29) is 28.1 Å². The number of imide groups is 1. The summed E-state index contributed by atoms with van der Waals surface area (Å²) in [5, 5.41) is 13.0. The van der Waals surface area contributed by atoms with Crippen LogP contribution in [0, 0.1) is 15.9 Å². The number of hydrogen-bond donors (Lipinski definition) is 1. The van der Waals surface area contributed by atoms with Crippen LogP contribution in [0.2, 0.25) is 0 Å². The minimum absolute atomic E-state index is 0.0149. The lowest BCUT2D eigenvalue weighted by Gasteiger charge is -2.07.